The Hall–Kier alpha value is -2.69. The molecule has 0 fully saturated rings. The van der Waals surface area contributed by atoms with Gasteiger partial charge in [0.1, 0.15) is 0 Å². The van der Waals surface area contributed by atoms with E-state index in [1.54, 1.807) is 57.2 Å². The molecule has 0 spiro atoms. The zero-order valence-electron chi connectivity index (χ0n) is 15.0. The van der Waals surface area contributed by atoms with Crippen LogP contribution in [0, 0.1) is 18.3 Å². The maximum absolute atomic E-state index is 12.8. The molecule has 0 saturated heterocycles. The number of carbonyl (C=O) groups is 1. The monoisotopic (exact) mass is 371 g/mol. The van der Waals surface area contributed by atoms with Gasteiger partial charge >= 0.3 is 0 Å². The van der Waals surface area contributed by atoms with E-state index in [-0.39, 0.29) is 10.8 Å². The Balaban J connectivity index is 2.31. The number of benzene rings is 2. The largest absolute Gasteiger partial charge is 0.322 e. The van der Waals surface area contributed by atoms with Crippen LogP contribution in [0.25, 0.3) is 0 Å². The van der Waals surface area contributed by atoms with Gasteiger partial charge in [0.2, 0.25) is 10.0 Å². The normalized spacial score (nSPS) is 11.2. The van der Waals surface area contributed by atoms with Gasteiger partial charge in [0.05, 0.1) is 16.5 Å². The summed E-state index contributed by atoms with van der Waals surface area (Å²) in [5.74, 6) is -0.371. The van der Waals surface area contributed by atoms with Crippen LogP contribution < -0.4 is 5.32 Å². The number of hydrogen-bond acceptors (Lipinski definition) is 4. The first kappa shape index (κ1) is 19.6. The summed E-state index contributed by atoms with van der Waals surface area (Å²) in [4.78, 5) is 12.5. The van der Waals surface area contributed by atoms with Crippen molar-refractivity contribution in [1.29, 1.82) is 5.26 Å². The summed E-state index contributed by atoms with van der Waals surface area (Å²) >= 11 is 0. The number of nitrogens with one attached hydrogen (secondary N) is 1. The Bertz CT molecular complexity index is 941. The molecule has 1 N–H and O–H groups in total. The van der Waals surface area contributed by atoms with E-state index in [0.717, 1.165) is 0 Å². The van der Waals surface area contributed by atoms with E-state index in [0.29, 0.717) is 35.5 Å². The van der Waals surface area contributed by atoms with Crippen LogP contribution in [0.1, 0.15) is 35.3 Å². The lowest BCUT2D eigenvalue weighted by Gasteiger charge is -2.20. The van der Waals surface area contributed by atoms with E-state index in [1.807, 2.05) is 6.07 Å². The average molecular weight is 371 g/mol. The number of amides is 1. The summed E-state index contributed by atoms with van der Waals surface area (Å²) in [5.41, 5.74) is 1.87. The zero-order chi connectivity index (χ0) is 19.3. The van der Waals surface area contributed by atoms with Gasteiger partial charge in [-0.05, 0) is 48.9 Å². The van der Waals surface area contributed by atoms with E-state index < -0.39 is 10.0 Å². The van der Waals surface area contributed by atoms with Crippen molar-refractivity contribution in [2.45, 2.75) is 25.7 Å². The number of rotatable bonds is 6. The molecule has 2 aromatic carbocycles. The maximum Gasteiger partial charge on any atom is 0.255 e. The van der Waals surface area contributed by atoms with Gasteiger partial charge in [0.25, 0.3) is 5.91 Å². The van der Waals surface area contributed by atoms with Gasteiger partial charge < -0.3 is 5.32 Å². The Morgan fingerprint density at radius 1 is 1.12 bits per heavy atom. The molecule has 0 radical (unpaired) electrons. The summed E-state index contributed by atoms with van der Waals surface area (Å²) in [6, 6.07) is 13.0. The van der Waals surface area contributed by atoms with Gasteiger partial charge in [-0.1, -0.05) is 19.9 Å². The second kappa shape index (κ2) is 8.13. The predicted molar refractivity (Wildman–Crippen MR) is 100 cm³/mol. The molecule has 1 amide bonds. The highest BCUT2D eigenvalue weighted by Crippen LogP contribution is 2.24. The third kappa shape index (κ3) is 4.10. The fourth-order valence-corrected chi connectivity index (χ4v) is 4.27. The van der Waals surface area contributed by atoms with E-state index in [1.165, 1.54) is 10.4 Å². The van der Waals surface area contributed by atoms with E-state index in [2.05, 4.69) is 5.32 Å². The number of aryl methyl sites for hydroxylation is 1. The van der Waals surface area contributed by atoms with Gasteiger partial charge in [-0.2, -0.15) is 9.57 Å². The molecule has 7 heteroatoms. The molecule has 26 heavy (non-hydrogen) atoms. The van der Waals surface area contributed by atoms with Gasteiger partial charge in [-0.25, -0.2) is 8.42 Å². The third-order valence-corrected chi connectivity index (χ3v) is 6.24. The number of hydrogen-bond donors (Lipinski definition) is 1. The highest BCUT2D eigenvalue weighted by Gasteiger charge is 2.24. The molecule has 0 aromatic heterocycles. The second-order valence-electron chi connectivity index (χ2n) is 5.71. The highest BCUT2D eigenvalue weighted by molar-refractivity contribution is 7.89. The second-order valence-corrected chi connectivity index (χ2v) is 7.62. The van der Waals surface area contributed by atoms with Crippen molar-refractivity contribution in [3.05, 3.63) is 59.2 Å². The van der Waals surface area contributed by atoms with Crippen LogP contribution in [-0.2, 0) is 10.0 Å². The Labute approximate surface area is 154 Å². The Morgan fingerprint density at radius 3 is 2.27 bits per heavy atom. The van der Waals surface area contributed by atoms with E-state index >= 15 is 0 Å². The lowest BCUT2D eigenvalue weighted by Crippen LogP contribution is -2.31. The number of nitrogens with zero attached hydrogens (tertiary/aromatic N) is 2. The summed E-state index contributed by atoms with van der Waals surface area (Å²) in [6.07, 6.45) is 0. The molecule has 2 rings (SSSR count). The standard InChI is InChI=1S/C19H21N3O3S/c1-4-22(5-2)26(24,25)18-12-17(11-6-14(18)3)21-19(23)16-9-7-15(13-20)8-10-16/h6-12H,4-5H2,1-3H3,(H,21,23). The van der Waals surface area contributed by atoms with Gasteiger partial charge in [-0.15, -0.1) is 0 Å². The first-order valence-electron chi connectivity index (χ1n) is 8.25. The van der Waals surface area contributed by atoms with Crippen LogP contribution in [-0.4, -0.2) is 31.7 Å². The molecular formula is C19H21N3O3S. The van der Waals surface area contributed by atoms with Crippen LogP contribution in [0.15, 0.2) is 47.4 Å². The number of carbonyl (C=O) groups excluding carboxylic acids is 1. The molecule has 0 unspecified atom stereocenters. The SMILES string of the molecule is CCN(CC)S(=O)(=O)c1cc(NC(=O)c2ccc(C#N)cc2)ccc1C. The minimum absolute atomic E-state index is 0.179. The quantitative estimate of drug-likeness (QED) is 0.844. The fraction of sp³-hybridized carbons (Fsp3) is 0.263. The minimum atomic E-state index is -3.62. The molecule has 0 saturated carbocycles. The van der Waals surface area contributed by atoms with Crippen molar-refractivity contribution in [1.82, 2.24) is 4.31 Å². The van der Waals surface area contributed by atoms with E-state index in [4.69, 9.17) is 5.26 Å². The van der Waals surface area contributed by atoms with Crippen molar-refractivity contribution in [3.63, 3.8) is 0 Å². The molecule has 0 atom stereocenters. The number of sulfonamides is 1. The van der Waals surface area contributed by atoms with Gasteiger partial charge in [0, 0.05) is 24.3 Å². The predicted octanol–water partition coefficient (Wildman–Crippen LogP) is 3.15. The van der Waals surface area contributed by atoms with Crippen molar-refractivity contribution in [3.8, 4) is 6.07 Å². The van der Waals surface area contributed by atoms with Crippen LogP contribution >= 0.6 is 0 Å². The fourth-order valence-electron chi connectivity index (χ4n) is 2.56. The first-order chi connectivity index (χ1) is 12.3. The van der Waals surface area contributed by atoms with Crippen LogP contribution in [0.2, 0.25) is 0 Å². The molecule has 0 aliphatic heterocycles. The van der Waals surface area contributed by atoms with Crippen LogP contribution in [0.3, 0.4) is 0 Å². The van der Waals surface area contributed by atoms with Crippen molar-refractivity contribution in [2.24, 2.45) is 0 Å². The smallest absolute Gasteiger partial charge is 0.255 e. The summed E-state index contributed by atoms with van der Waals surface area (Å²) < 4.78 is 26.9. The third-order valence-electron chi connectivity index (χ3n) is 4.05. The van der Waals surface area contributed by atoms with Crippen molar-refractivity contribution >= 4 is 21.6 Å². The lowest BCUT2D eigenvalue weighted by atomic mass is 10.1. The Kier molecular flexibility index (Phi) is 6.14. The van der Waals surface area contributed by atoms with Gasteiger partial charge in [0.15, 0.2) is 0 Å². The molecular weight excluding hydrogens is 350 g/mol. The summed E-state index contributed by atoms with van der Waals surface area (Å²) in [5, 5.41) is 11.5. The Morgan fingerprint density at radius 2 is 1.73 bits per heavy atom. The van der Waals surface area contributed by atoms with Crippen molar-refractivity contribution in [2.75, 3.05) is 18.4 Å². The molecule has 0 bridgehead atoms. The number of anilines is 1. The van der Waals surface area contributed by atoms with Crippen molar-refractivity contribution < 1.29 is 13.2 Å². The molecule has 0 aliphatic carbocycles. The van der Waals surface area contributed by atoms with Gasteiger partial charge in [-0.3, -0.25) is 4.79 Å². The zero-order valence-corrected chi connectivity index (χ0v) is 15.8. The topological polar surface area (TPSA) is 90.3 Å². The minimum Gasteiger partial charge on any atom is -0.322 e. The summed E-state index contributed by atoms with van der Waals surface area (Å²) in [7, 11) is -3.62. The molecule has 136 valence electrons. The highest BCUT2D eigenvalue weighted by atomic mass is 32.2. The van der Waals surface area contributed by atoms with Crippen LogP contribution in [0.4, 0.5) is 5.69 Å². The molecule has 0 aliphatic rings. The molecule has 6 nitrogen and oxygen atoms in total. The molecule has 0 heterocycles. The average Bonchev–Trinajstić information content (AvgIpc) is 2.64. The van der Waals surface area contributed by atoms with E-state index in [9.17, 15) is 13.2 Å². The maximum atomic E-state index is 12.8. The number of nitriles is 1. The molecule has 2 aromatic rings. The van der Waals surface area contributed by atoms with Crippen LogP contribution in [0.5, 0.6) is 0 Å². The lowest BCUT2D eigenvalue weighted by molar-refractivity contribution is 0.102. The summed E-state index contributed by atoms with van der Waals surface area (Å²) in [6.45, 7) is 6.04. The first-order valence-corrected chi connectivity index (χ1v) is 9.69.